The van der Waals surface area contributed by atoms with Crippen LogP contribution in [0, 0.1) is 0 Å². The SMILES string of the molecule is CN(C)c1nc(N)nc(NCCCO)n1. The van der Waals surface area contributed by atoms with Crippen molar-refractivity contribution in [2.24, 2.45) is 0 Å². The molecule has 84 valence electrons. The van der Waals surface area contributed by atoms with Gasteiger partial charge in [-0.3, -0.25) is 0 Å². The molecule has 1 aromatic rings. The van der Waals surface area contributed by atoms with Gasteiger partial charge in [0.1, 0.15) is 0 Å². The summed E-state index contributed by atoms with van der Waals surface area (Å²) in [6, 6.07) is 0. The molecule has 0 radical (unpaired) electrons. The van der Waals surface area contributed by atoms with E-state index in [4.69, 9.17) is 10.8 Å². The minimum absolute atomic E-state index is 0.133. The average Bonchev–Trinajstić information content (AvgIpc) is 2.17. The molecule has 4 N–H and O–H groups in total. The summed E-state index contributed by atoms with van der Waals surface area (Å²) in [4.78, 5) is 13.8. The van der Waals surface area contributed by atoms with Crippen molar-refractivity contribution in [1.82, 2.24) is 15.0 Å². The Kier molecular flexibility index (Phi) is 4.04. The van der Waals surface area contributed by atoms with Crippen molar-refractivity contribution in [3.05, 3.63) is 0 Å². The Morgan fingerprint density at radius 2 is 2.07 bits per heavy atom. The number of nitrogens with zero attached hydrogens (tertiary/aromatic N) is 4. The Hall–Kier alpha value is -1.63. The van der Waals surface area contributed by atoms with Gasteiger partial charge in [-0.2, -0.15) is 15.0 Å². The Bertz CT molecular complexity index is 316. The maximum Gasteiger partial charge on any atom is 0.231 e. The van der Waals surface area contributed by atoms with Gasteiger partial charge in [0.05, 0.1) is 0 Å². The summed E-state index contributed by atoms with van der Waals surface area (Å²) in [6.45, 7) is 0.737. The van der Waals surface area contributed by atoms with Gasteiger partial charge in [-0.1, -0.05) is 0 Å². The van der Waals surface area contributed by atoms with Crippen LogP contribution in [0.25, 0.3) is 0 Å². The number of nitrogens with two attached hydrogens (primary N) is 1. The molecule has 0 bridgehead atoms. The fourth-order valence-corrected chi connectivity index (χ4v) is 0.939. The molecule has 1 heterocycles. The molecule has 7 nitrogen and oxygen atoms in total. The second-order valence-corrected chi connectivity index (χ2v) is 3.22. The van der Waals surface area contributed by atoms with Crippen molar-refractivity contribution in [2.75, 3.05) is 43.2 Å². The molecule has 0 fully saturated rings. The maximum absolute atomic E-state index is 8.62. The molecule has 0 aliphatic carbocycles. The van der Waals surface area contributed by atoms with E-state index in [1.165, 1.54) is 0 Å². The van der Waals surface area contributed by atoms with Crippen molar-refractivity contribution in [3.63, 3.8) is 0 Å². The molecule has 1 rings (SSSR count). The van der Waals surface area contributed by atoms with Crippen LogP contribution >= 0.6 is 0 Å². The number of hydrogen-bond acceptors (Lipinski definition) is 7. The van der Waals surface area contributed by atoms with Crippen LogP contribution in [0.4, 0.5) is 17.8 Å². The van der Waals surface area contributed by atoms with Gasteiger partial charge in [-0.25, -0.2) is 0 Å². The van der Waals surface area contributed by atoms with E-state index >= 15 is 0 Å². The lowest BCUT2D eigenvalue weighted by Gasteiger charge is -2.11. The fraction of sp³-hybridized carbons (Fsp3) is 0.625. The number of nitrogen functional groups attached to an aromatic ring is 1. The monoisotopic (exact) mass is 212 g/mol. The van der Waals surface area contributed by atoms with Crippen LogP contribution in [0.1, 0.15) is 6.42 Å². The molecule has 0 unspecified atom stereocenters. The van der Waals surface area contributed by atoms with Crippen molar-refractivity contribution >= 4 is 17.8 Å². The van der Waals surface area contributed by atoms with Gasteiger partial charge in [0.15, 0.2) is 0 Å². The standard InChI is InChI=1S/C8H16N6O/c1-14(2)8-12-6(9)11-7(13-8)10-4-3-5-15/h15H,3-5H2,1-2H3,(H3,9,10,11,12,13). The van der Waals surface area contributed by atoms with E-state index < -0.39 is 0 Å². The van der Waals surface area contributed by atoms with Gasteiger partial charge in [-0.15, -0.1) is 0 Å². The largest absolute Gasteiger partial charge is 0.396 e. The molecule has 0 atom stereocenters. The van der Waals surface area contributed by atoms with Crippen LogP contribution in [0.2, 0.25) is 0 Å². The van der Waals surface area contributed by atoms with Crippen LogP contribution in [0.15, 0.2) is 0 Å². The van der Waals surface area contributed by atoms with E-state index in [0.717, 1.165) is 0 Å². The number of rotatable bonds is 5. The average molecular weight is 212 g/mol. The van der Waals surface area contributed by atoms with Crippen LogP contribution < -0.4 is 16.0 Å². The molecular formula is C8H16N6O. The topological polar surface area (TPSA) is 100 Å². The van der Waals surface area contributed by atoms with E-state index in [0.29, 0.717) is 24.9 Å². The molecule has 0 saturated carbocycles. The second kappa shape index (κ2) is 5.30. The summed E-state index contributed by atoms with van der Waals surface area (Å²) in [6.07, 6.45) is 0.642. The molecule has 1 aromatic heterocycles. The highest BCUT2D eigenvalue weighted by Crippen LogP contribution is 2.08. The van der Waals surface area contributed by atoms with Gasteiger partial charge < -0.3 is 21.1 Å². The molecule has 0 spiro atoms. The van der Waals surface area contributed by atoms with Crippen LogP contribution in [-0.2, 0) is 0 Å². The third-order valence-electron chi connectivity index (χ3n) is 1.66. The van der Waals surface area contributed by atoms with Crippen molar-refractivity contribution < 1.29 is 5.11 Å². The first-order valence-electron chi connectivity index (χ1n) is 4.67. The molecule has 0 amide bonds. The Balaban J connectivity index is 2.71. The van der Waals surface area contributed by atoms with Crippen molar-refractivity contribution in [2.45, 2.75) is 6.42 Å². The predicted molar refractivity (Wildman–Crippen MR) is 58.8 cm³/mol. The summed E-state index contributed by atoms with van der Waals surface area (Å²) >= 11 is 0. The number of anilines is 3. The highest BCUT2D eigenvalue weighted by Gasteiger charge is 2.04. The van der Waals surface area contributed by atoms with Gasteiger partial charge >= 0.3 is 0 Å². The van der Waals surface area contributed by atoms with Gasteiger partial charge in [0, 0.05) is 27.2 Å². The predicted octanol–water partition coefficient (Wildman–Crippen LogP) is -0.686. The lowest BCUT2D eigenvalue weighted by Crippen LogP contribution is -2.17. The third-order valence-corrected chi connectivity index (χ3v) is 1.66. The molecular weight excluding hydrogens is 196 g/mol. The van der Waals surface area contributed by atoms with E-state index in [2.05, 4.69) is 20.3 Å². The van der Waals surface area contributed by atoms with E-state index in [1.807, 2.05) is 14.1 Å². The Morgan fingerprint density at radius 1 is 1.33 bits per heavy atom. The number of aliphatic hydroxyl groups excluding tert-OH is 1. The normalized spacial score (nSPS) is 10.1. The summed E-state index contributed by atoms with van der Waals surface area (Å²) in [5.74, 6) is 1.12. The Morgan fingerprint density at radius 3 is 2.67 bits per heavy atom. The Labute approximate surface area is 88.4 Å². The highest BCUT2D eigenvalue weighted by molar-refractivity contribution is 5.40. The summed E-state index contributed by atoms with van der Waals surface area (Å²) < 4.78 is 0. The van der Waals surface area contributed by atoms with Crippen molar-refractivity contribution in [3.8, 4) is 0 Å². The lowest BCUT2D eigenvalue weighted by molar-refractivity contribution is 0.292. The smallest absolute Gasteiger partial charge is 0.231 e. The summed E-state index contributed by atoms with van der Waals surface area (Å²) in [5, 5.41) is 11.6. The first kappa shape index (κ1) is 11.4. The number of aliphatic hydroxyl groups is 1. The molecule has 0 saturated heterocycles. The first-order chi connectivity index (χ1) is 7.13. The first-order valence-corrected chi connectivity index (χ1v) is 4.67. The molecule has 0 aromatic carbocycles. The summed E-state index contributed by atoms with van der Waals surface area (Å²) in [5.41, 5.74) is 5.52. The minimum atomic E-state index is 0.133. The quantitative estimate of drug-likeness (QED) is 0.555. The summed E-state index contributed by atoms with van der Waals surface area (Å²) in [7, 11) is 3.65. The maximum atomic E-state index is 8.62. The number of hydrogen-bond donors (Lipinski definition) is 3. The molecule has 0 aliphatic heterocycles. The second-order valence-electron chi connectivity index (χ2n) is 3.22. The molecule has 15 heavy (non-hydrogen) atoms. The lowest BCUT2D eigenvalue weighted by atomic mass is 10.4. The minimum Gasteiger partial charge on any atom is -0.396 e. The zero-order valence-electron chi connectivity index (χ0n) is 8.93. The van der Waals surface area contributed by atoms with Crippen LogP contribution in [0.5, 0.6) is 0 Å². The van der Waals surface area contributed by atoms with E-state index in [9.17, 15) is 0 Å². The van der Waals surface area contributed by atoms with E-state index in [1.54, 1.807) is 4.90 Å². The molecule has 7 heteroatoms. The molecule has 0 aliphatic rings. The van der Waals surface area contributed by atoms with Crippen LogP contribution in [0.3, 0.4) is 0 Å². The van der Waals surface area contributed by atoms with Crippen molar-refractivity contribution in [1.29, 1.82) is 0 Å². The van der Waals surface area contributed by atoms with Gasteiger partial charge in [0.25, 0.3) is 0 Å². The zero-order chi connectivity index (χ0) is 11.3. The third kappa shape index (κ3) is 3.55. The van der Waals surface area contributed by atoms with E-state index in [-0.39, 0.29) is 12.6 Å². The number of aromatic nitrogens is 3. The highest BCUT2D eigenvalue weighted by atomic mass is 16.3. The zero-order valence-corrected chi connectivity index (χ0v) is 8.93. The van der Waals surface area contributed by atoms with Crippen LogP contribution in [-0.4, -0.2) is 47.3 Å². The fourth-order valence-electron chi connectivity index (χ4n) is 0.939. The van der Waals surface area contributed by atoms with Gasteiger partial charge in [-0.05, 0) is 6.42 Å². The van der Waals surface area contributed by atoms with Gasteiger partial charge in [0.2, 0.25) is 17.8 Å². The number of nitrogens with one attached hydrogen (secondary N) is 1.